The number of benzene rings is 1. The molecule has 1 amide bonds. The summed E-state index contributed by atoms with van der Waals surface area (Å²) in [6.45, 7) is 3.45. The molecule has 1 heterocycles. The third-order valence-corrected chi connectivity index (χ3v) is 5.43. The Morgan fingerprint density at radius 2 is 1.92 bits per heavy atom. The minimum atomic E-state index is -3.76. The molecule has 1 aromatic carbocycles. The molecule has 2 aromatic rings. The van der Waals surface area contributed by atoms with Crippen LogP contribution in [-0.4, -0.2) is 50.1 Å². The van der Waals surface area contributed by atoms with Crippen LogP contribution in [0.1, 0.15) is 34.7 Å². The minimum Gasteiger partial charge on any atom is -0.492 e. The normalized spacial score (nSPS) is 11.4. The zero-order valence-corrected chi connectivity index (χ0v) is 15.8. The van der Waals surface area contributed by atoms with Crippen LogP contribution in [-0.2, 0) is 10.0 Å². The van der Waals surface area contributed by atoms with Crippen LogP contribution in [0, 0.1) is 0 Å². The number of carbonyl (C=O) groups is 2. The quantitative estimate of drug-likeness (QED) is 0.716. The highest BCUT2D eigenvalue weighted by atomic mass is 32.2. The van der Waals surface area contributed by atoms with Crippen molar-refractivity contribution in [1.29, 1.82) is 0 Å². The maximum absolute atomic E-state index is 12.5. The van der Waals surface area contributed by atoms with E-state index in [4.69, 9.17) is 4.74 Å². The van der Waals surface area contributed by atoms with Crippen molar-refractivity contribution >= 4 is 27.4 Å². The maximum Gasteiger partial charge on any atom is 0.272 e. The third-order valence-electron chi connectivity index (χ3n) is 3.59. The van der Waals surface area contributed by atoms with Gasteiger partial charge in [0.05, 0.1) is 6.61 Å². The molecule has 0 spiro atoms. The minimum absolute atomic E-state index is 0.0435. The maximum atomic E-state index is 12.5. The number of hydrogen-bond acceptors (Lipinski definition) is 5. The van der Waals surface area contributed by atoms with Gasteiger partial charge in [-0.25, -0.2) is 12.7 Å². The summed E-state index contributed by atoms with van der Waals surface area (Å²) < 4.78 is 31.5. The van der Waals surface area contributed by atoms with Crippen LogP contribution in [0.25, 0.3) is 0 Å². The highest BCUT2D eigenvalue weighted by Crippen LogP contribution is 2.29. The van der Waals surface area contributed by atoms with E-state index in [-0.39, 0.29) is 27.8 Å². The Morgan fingerprint density at radius 1 is 1.23 bits per heavy atom. The van der Waals surface area contributed by atoms with E-state index in [1.807, 2.05) is 0 Å². The first-order chi connectivity index (χ1) is 12.2. The number of sulfonamides is 1. The molecule has 0 saturated heterocycles. The van der Waals surface area contributed by atoms with Crippen LogP contribution in [0.5, 0.6) is 5.75 Å². The molecule has 0 atom stereocenters. The topological polar surface area (TPSA) is 109 Å². The summed E-state index contributed by atoms with van der Waals surface area (Å²) in [5.74, 6) is -0.450. The van der Waals surface area contributed by atoms with Gasteiger partial charge in [-0.2, -0.15) is 0 Å². The SMILES string of the molecule is CCOc1ccc(NC(=O)c2cc(C(C)=O)c[nH]2)cc1S(=O)(=O)N(C)C. The van der Waals surface area contributed by atoms with Crippen molar-refractivity contribution in [2.24, 2.45) is 0 Å². The number of carbonyl (C=O) groups excluding carboxylic acids is 2. The molecule has 0 aliphatic carbocycles. The summed E-state index contributed by atoms with van der Waals surface area (Å²) in [4.78, 5) is 26.3. The monoisotopic (exact) mass is 379 g/mol. The van der Waals surface area contributed by atoms with Crippen LogP contribution >= 0.6 is 0 Å². The number of nitrogens with one attached hydrogen (secondary N) is 2. The predicted octanol–water partition coefficient (Wildman–Crippen LogP) is 2.12. The lowest BCUT2D eigenvalue weighted by atomic mass is 10.2. The first-order valence-corrected chi connectivity index (χ1v) is 9.31. The number of hydrogen-bond donors (Lipinski definition) is 2. The van der Waals surface area contributed by atoms with E-state index >= 15 is 0 Å². The average Bonchev–Trinajstić information content (AvgIpc) is 3.06. The van der Waals surface area contributed by atoms with Crippen molar-refractivity contribution in [3.05, 3.63) is 41.7 Å². The van der Waals surface area contributed by atoms with Crippen LogP contribution in [0.4, 0.5) is 5.69 Å². The Morgan fingerprint density at radius 3 is 2.46 bits per heavy atom. The third kappa shape index (κ3) is 4.12. The molecule has 0 radical (unpaired) electrons. The highest BCUT2D eigenvalue weighted by molar-refractivity contribution is 7.89. The summed E-state index contributed by atoms with van der Waals surface area (Å²) in [5, 5.41) is 2.61. The summed E-state index contributed by atoms with van der Waals surface area (Å²) in [7, 11) is -0.925. The van der Waals surface area contributed by atoms with Gasteiger partial charge in [-0.3, -0.25) is 9.59 Å². The van der Waals surface area contributed by atoms with E-state index in [1.165, 1.54) is 45.4 Å². The number of H-pyrrole nitrogens is 1. The van der Waals surface area contributed by atoms with Crippen LogP contribution in [0.2, 0.25) is 0 Å². The fraction of sp³-hybridized carbons (Fsp3) is 0.294. The summed E-state index contributed by atoms with van der Waals surface area (Å²) in [5.41, 5.74) is 0.872. The second-order valence-corrected chi connectivity index (χ2v) is 7.81. The molecule has 2 N–H and O–H groups in total. The van der Waals surface area contributed by atoms with Gasteiger partial charge >= 0.3 is 0 Å². The summed E-state index contributed by atoms with van der Waals surface area (Å²) in [6, 6.07) is 5.81. The van der Waals surface area contributed by atoms with Gasteiger partial charge in [0, 0.05) is 31.5 Å². The Kier molecular flexibility index (Phi) is 5.83. The van der Waals surface area contributed by atoms with Crippen molar-refractivity contribution in [3.8, 4) is 5.75 Å². The summed E-state index contributed by atoms with van der Waals surface area (Å²) >= 11 is 0. The van der Waals surface area contributed by atoms with Crippen LogP contribution < -0.4 is 10.1 Å². The fourth-order valence-corrected chi connectivity index (χ4v) is 3.24. The van der Waals surface area contributed by atoms with Crippen molar-refractivity contribution in [2.75, 3.05) is 26.0 Å². The summed E-state index contributed by atoms with van der Waals surface area (Å²) in [6.07, 6.45) is 1.44. The Hall–Kier alpha value is -2.65. The van der Waals surface area contributed by atoms with E-state index in [2.05, 4.69) is 10.3 Å². The van der Waals surface area contributed by atoms with Gasteiger partial charge in [-0.15, -0.1) is 0 Å². The van der Waals surface area contributed by atoms with Crippen molar-refractivity contribution < 1.29 is 22.7 Å². The molecule has 0 fully saturated rings. The Labute approximate surface area is 152 Å². The van der Waals surface area contributed by atoms with E-state index in [9.17, 15) is 18.0 Å². The lowest BCUT2D eigenvalue weighted by Gasteiger charge is -2.16. The van der Waals surface area contributed by atoms with Crippen molar-refractivity contribution in [1.82, 2.24) is 9.29 Å². The van der Waals surface area contributed by atoms with Gasteiger partial charge in [0.15, 0.2) is 5.78 Å². The molecular weight excluding hydrogens is 358 g/mol. The van der Waals surface area contributed by atoms with Gasteiger partial charge in [0.1, 0.15) is 16.3 Å². The van der Waals surface area contributed by atoms with Gasteiger partial charge in [-0.05, 0) is 38.1 Å². The first-order valence-electron chi connectivity index (χ1n) is 7.87. The van der Waals surface area contributed by atoms with Gasteiger partial charge in [0.25, 0.3) is 5.91 Å². The number of ketones is 1. The standard InChI is InChI=1S/C17H21N3O5S/c1-5-25-15-7-6-13(9-16(15)26(23,24)20(3)4)19-17(22)14-8-12(10-18-14)11(2)21/h6-10,18H,5H2,1-4H3,(H,19,22). The van der Waals surface area contributed by atoms with E-state index < -0.39 is 15.9 Å². The number of aromatic amines is 1. The number of amides is 1. The molecule has 0 bridgehead atoms. The van der Waals surface area contributed by atoms with Crippen LogP contribution in [0.3, 0.4) is 0 Å². The lowest BCUT2D eigenvalue weighted by molar-refractivity contribution is 0.101. The van der Waals surface area contributed by atoms with Crippen molar-refractivity contribution in [3.63, 3.8) is 0 Å². The number of ether oxygens (including phenoxy) is 1. The predicted molar refractivity (Wildman–Crippen MR) is 97.2 cm³/mol. The molecule has 1 aromatic heterocycles. The Balaban J connectivity index is 2.35. The second kappa shape index (κ2) is 7.71. The number of nitrogens with zero attached hydrogens (tertiary/aromatic N) is 1. The molecule has 0 aliphatic heterocycles. The van der Waals surface area contributed by atoms with Crippen molar-refractivity contribution in [2.45, 2.75) is 18.7 Å². The molecule has 9 heteroatoms. The molecular formula is C17H21N3O5S. The lowest BCUT2D eigenvalue weighted by Crippen LogP contribution is -2.23. The average molecular weight is 379 g/mol. The first kappa shape index (κ1) is 19.7. The number of Topliss-reactive ketones (excluding diaryl/α,β-unsaturated/α-hetero) is 1. The fourth-order valence-electron chi connectivity index (χ4n) is 2.19. The molecule has 140 valence electrons. The van der Waals surface area contributed by atoms with Crippen LogP contribution in [0.15, 0.2) is 35.4 Å². The largest absolute Gasteiger partial charge is 0.492 e. The molecule has 8 nitrogen and oxygen atoms in total. The molecule has 2 rings (SSSR count). The zero-order valence-electron chi connectivity index (χ0n) is 15.0. The zero-order chi connectivity index (χ0) is 19.5. The molecule has 26 heavy (non-hydrogen) atoms. The van der Waals surface area contributed by atoms with Gasteiger partial charge in [-0.1, -0.05) is 0 Å². The molecule has 0 aliphatic rings. The van der Waals surface area contributed by atoms with Gasteiger partial charge < -0.3 is 15.0 Å². The smallest absolute Gasteiger partial charge is 0.272 e. The second-order valence-electron chi connectivity index (χ2n) is 5.69. The van der Waals surface area contributed by atoms with E-state index in [1.54, 1.807) is 13.0 Å². The molecule has 0 unspecified atom stereocenters. The van der Waals surface area contributed by atoms with E-state index in [0.717, 1.165) is 4.31 Å². The number of anilines is 1. The molecule has 0 saturated carbocycles. The van der Waals surface area contributed by atoms with Gasteiger partial charge in [0.2, 0.25) is 10.0 Å². The number of aromatic nitrogens is 1. The number of rotatable bonds is 7. The van der Waals surface area contributed by atoms with E-state index in [0.29, 0.717) is 12.2 Å². The highest BCUT2D eigenvalue weighted by Gasteiger charge is 2.23. The Bertz CT molecular complexity index is 932.